The zero-order valence-electron chi connectivity index (χ0n) is 12.2. The van der Waals surface area contributed by atoms with E-state index in [1.54, 1.807) is 18.6 Å². The first-order valence-electron chi connectivity index (χ1n) is 7.27. The Bertz CT molecular complexity index is 1020. The van der Waals surface area contributed by atoms with Crippen LogP contribution in [0.25, 0.3) is 22.0 Å². The molecule has 0 aliphatic carbocycles. The molecule has 3 aromatic heterocycles. The summed E-state index contributed by atoms with van der Waals surface area (Å²) in [5.41, 5.74) is 4.09. The van der Waals surface area contributed by atoms with Gasteiger partial charge in [0, 0.05) is 35.1 Å². The summed E-state index contributed by atoms with van der Waals surface area (Å²) in [6.07, 6.45) is 6.99. The van der Waals surface area contributed by atoms with E-state index in [0.717, 1.165) is 27.8 Å². The van der Waals surface area contributed by atoms with Gasteiger partial charge in [-0.15, -0.1) is 0 Å². The van der Waals surface area contributed by atoms with E-state index in [2.05, 4.69) is 20.3 Å². The molecule has 3 heterocycles. The van der Waals surface area contributed by atoms with Gasteiger partial charge in [-0.2, -0.15) is 0 Å². The summed E-state index contributed by atoms with van der Waals surface area (Å²) in [5.74, 6) is 0. The minimum absolute atomic E-state index is 0.115. The van der Waals surface area contributed by atoms with Gasteiger partial charge >= 0.3 is 0 Å². The van der Waals surface area contributed by atoms with Gasteiger partial charge in [-0.05, 0) is 35.9 Å². The SMILES string of the molecule is O=c1[nH]cc(Nc2cccnc2)cc1-c1cccc2[nH]ccc12. The van der Waals surface area contributed by atoms with E-state index in [9.17, 15) is 4.79 Å². The average molecular weight is 302 g/mol. The van der Waals surface area contributed by atoms with Crippen molar-refractivity contribution in [3.05, 3.63) is 77.6 Å². The van der Waals surface area contributed by atoms with Gasteiger partial charge in [0.25, 0.3) is 5.56 Å². The number of benzene rings is 1. The molecule has 0 amide bonds. The third-order valence-corrected chi connectivity index (χ3v) is 3.74. The van der Waals surface area contributed by atoms with Crippen molar-refractivity contribution in [1.29, 1.82) is 0 Å². The second-order valence-corrected chi connectivity index (χ2v) is 5.24. The van der Waals surface area contributed by atoms with Crippen molar-refractivity contribution in [2.45, 2.75) is 0 Å². The zero-order chi connectivity index (χ0) is 15.6. The van der Waals surface area contributed by atoms with Crippen molar-refractivity contribution < 1.29 is 0 Å². The molecule has 0 radical (unpaired) electrons. The Morgan fingerprint density at radius 3 is 2.78 bits per heavy atom. The largest absolute Gasteiger partial charge is 0.361 e. The second-order valence-electron chi connectivity index (χ2n) is 5.24. The van der Waals surface area contributed by atoms with Crippen LogP contribution < -0.4 is 10.9 Å². The molecule has 23 heavy (non-hydrogen) atoms. The summed E-state index contributed by atoms with van der Waals surface area (Å²) in [6.45, 7) is 0. The number of rotatable bonds is 3. The lowest BCUT2D eigenvalue weighted by Gasteiger charge is -2.08. The van der Waals surface area contributed by atoms with Crippen LogP contribution in [0.15, 0.2) is 72.0 Å². The van der Waals surface area contributed by atoms with Crippen molar-refractivity contribution in [3.8, 4) is 11.1 Å². The Labute approximate surface area is 132 Å². The van der Waals surface area contributed by atoms with E-state index < -0.39 is 0 Å². The van der Waals surface area contributed by atoms with Crippen molar-refractivity contribution in [2.24, 2.45) is 0 Å². The number of anilines is 2. The first-order valence-corrected chi connectivity index (χ1v) is 7.27. The van der Waals surface area contributed by atoms with Crippen LogP contribution in [-0.2, 0) is 0 Å². The van der Waals surface area contributed by atoms with Crippen LogP contribution in [0.2, 0.25) is 0 Å². The molecule has 0 aliphatic rings. The Morgan fingerprint density at radius 1 is 0.957 bits per heavy atom. The molecule has 112 valence electrons. The van der Waals surface area contributed by atoms with Crippen LogP contribution in [0.1, 0.15) is 0 Å². The monoisotopic (exact) mass is 302 g/mol. The van der Waals surface area contributed by atoms with E-state index in [-0.39, 0.29) is 5.56 Å². The average Bonchev–Trinajstić information content (AvgIpc) is 3.06. The molecule has 4 rings (SSSR count). The van der Waals surface area contributed by atoms with Gasteiger partial charge in [0.2, 0.25) is 0 Å². The number of nitrogens with one attached hydrogen (secondary N) is 3. The van der Waals surface area contributed by atoms with E-state index >= 15 is 0 Å². The maximum absolute atomic E-state index is 12.3. The van der Waals surface area contributed by atoms with E-state index in [4.69, 9.17) is 0 Å². The normalized spacial score (nSPS) is 10.8. The van der Waals surface area contributed by atoms with Gasteiger partial charge in [0.05, 0.1) is 17.6 Å². The van der Waals surface area contributed by atoms with Crippen LogP contribution in [0.3, 0.4) is 0 Å². The Hall–Kier alpha value is -3.34. The Morgan fingerprint density at radius 2 is 1.91 bits per heavy atom. The van der Waals surface area contributed by atoms with E-state index in [1.165, 1.54) is 0 Å². The third kappa shape index (κ3) is 2.48. The van der Waals surface area contributed by atoms with Crippen molar-refractivity contribution in [3.63, 3.8) is 0 Å². The third-order valence-electron chi connectivity index (χ3n) is 3.74. The number of pyridine rings is 2. The summed E-state index contributed by atoms with van der Waals surface area (Å²) in [4.78, 5) is 22.3. The summed E-state index contributed by atoms with van der Waals surface area (Å²) >= 11 is 0. The van der Waals surface area contributed by atoms with Crippen molar-refractivity contribution in [1.82, 2.24) is 15.0 Å². The van der Waals surface area contributed by atoms with Crippen LogP contribution in [-0.4, -0.2) is 15.0 Å². The molecule has 5 heteroatoms. The molecule has 0 atom stereocenters. The predicted molar refractivity (Wildman–Crippen MR) is 91.9 cm³/mol. The number of aromatic nitrogens is 3. The first kappa shape index (κ1) is 13.3. The molecule has 0 bridgehead atoms. The highest BCUT2D eigenvalue weighted by atomic mass is 16.1. The van der Waals surface area contributed by atoms with Crippen LogP contribution in [0.5, 0.6) is 0 Å². The zero-order valence-corrected chi connectivity index (χ0v) is 12.2. The second kappa shape index (κ2) is 5.46. The molecule has 0 saturated carbocycles. The molecular weight excluding hydrogens is 288 g/mol. The van der Waals surface area contributed by atoms with Gasteiger partial charge in [-0.25, -0.2) is 0 Å². The summed E-state index contributed by atoms with van der Waals surface area (Å²) < 4.78 is 0. The number of hydrogen-bond acceptors (Lipinski definition) is 3. The highest BCUT2D eigenvalue weighted by molar-refractivity contribution is 5.95. The van der Waals surface area contributed by atoms with Crippen LogP contribution in [0.4, 0.5) is 11.4 Å². The molecule has 0 spiro atoms. The predicted octanol–water partition coefficient (Wildman–Crippen LogP) is 3.66. The van der Waals surface area contributed by atoms with Crippen LogP contribution >= 0.6 is 0 Å². The highest BCUT2D eigenvalue weighted by Crippen LogP contribution is 2.27. The molecule has 0 fully saturated rings. The quantitative estimate of drug-likeness (QED) is 0.540. The van der Waals surface area contributed by atoms with Gasteiger partial charge in [0.1, 0.15) is 0 Å². The highest BCUT2D eigenvalue weighted by Gasteiger charge is 2.09. The van der Waals surface area contributed by atoms with Crippen molar-refractivity contribution >= 4 is 22.3 Å². The molecular formula is C18H14N4O. The fourth-order valence-corrected chi connectivity index (χ4v) is 2.68. The number of nitrogens with zero attached hydrogens (tertiary/aromatic N) is 1. The lowest BCUT2D eigenvalue weighted by atomic mass is 10.0. The number of H-pyrrole nitrogens is 2. The summed E-state index contributed by atoms with van der Waals surface area (Å²) in [6, 6.07) is 13.5. The van der Waals surface area contributed by atoms with Crippen LogP contribution in [0, 0.1) is 0 Å². The number of hydrogen-bond donors (Lipinski definition) is 3. The van der Waals surface area contributed by atoms with Gasteiger partial charge in [-0.3, -0.25) is 9.78 Å². The minimum Gasteiger partial charge on any atom is -0.361 e. The lowest BCUT2D eigenvalue weighted by molar-refractivity contribution is 1.24. The fraction of sp³-hybridized carbons (Fsp3) is 0. The van der Waals surface area contributed by atoms with E-state index in [1.807, 2.05) is 48.7 Å². The maximum Gasteiger partial charge on any atom is 0.255 e. The molecule has 4 aromatic rings. The molecule has 0 unspecified atom stereocenters. The lowest BCUT2D eigenvalue weighted by Crippen LogP contribution is -2.09. The van der Waals surface area contributed by atoms with Crippen molar-refractivity contribution in [2.75, 3.05) is 5.32 Å². The summed E-state index contributed by atoms with van der Waals surface area (Å²) in [7, 11) is 0. The van der Waals surface area contributed by atoms with Gasteiger partial charge in [0.15, 0.2) is 0 Å². The summed E-state index contributed by atoms with van der Waals surface area (Å²) in [5, 5.41) is 4.27. The standard InChI is InChI=1S/C18H14N4O/c23-18-16(14-4-1-5-17-15(14)6-8-20-17)9-13(11-21-18)22-12-3-2-7-19-10-12/h1-11,20,22H,(H,21,23). The molecule has 3 N–H and O–H groups in total. The topological polar surface area (TPSA) is 73.6 Å². The molecule has 0 saturated heterocycles. The minimum atomic E-state index is -0.115. The van der Waals surface area contributed by atoms with Gasteiger partial charge < -0.3 is 15.3 Å². The number of fused-ring (bicyclic) bond motifs is 1. The number of aromatic amines is 2. The maximum atomic E-state index is 12.3. The van der Waals surface area contributed by atoms with E-state index in [0.29, 0.717) is 5.56 Å². The molecule has 1 aromatic carbocycles. The fourth-order valence-electron chi connectivity index (χ4n) is 2.68. The molecule has 0 aliphatic heterocycles. The first-order chi connectivity index (χ1) is 11.3. The van der Waals surface area contributed by atoms with Gasteiger partial charge in [-0.1, -0.05) is 12.1 Å². The Balaban J connectivity index is 1.81. The smallest absolute Gasteiger partial charge is 0.255 e. The molecule has 5 nitrogen and oxygen atoms in total. The Kier molecular flexibility index (Phi) is 3.16.